The fourth-order valence-corrected chi connectivity index (χ4v) is 2.87. The molecule has 25 heavy (non-hydrogen) atoms. The zero-order valence-corrected chi connectivity index (χ0v) is 14.2. The van der Waals surface area contributed by atoms with Gasteiger partial charge in [-0.2, -0.15) is 0 Å². The third-order valence-corrected chi connectivity index (χ3v) is 4.26. The maximum absolute atomic E-state index is 12.9. The van der Waals surface area contributed by atoms with Crippen molar-refractivity contribution in [3.8, 4) is 0 Å². The topological polar surface area (TPSA) is 72.4 Å². The van der Waals surface area contributed by atoms with Crippen LogP contribution in [0.3, 0.4) is 0 Å². The highest BCUT2D eigenvalue weighted by Gasteiger charge is 2.45. The van der Waals surface area contributed by atoms with Crippen LogP contribution in [-0.4, -0.2) is 39.9 Å². The van der Waals surface area contributed by atoms with Gasteiger partial charge in [0.2, 0.25) is 0 Å². The van der Waals surface area contributed by atoms with Gasteiger partial charge in [-0.15, -0.1) is 0 Å². The Morgan fingerprint density at radius 3 is 2.60 bits per heavy atom. The van der Waals surface area contributed by atoms with Gasteiger partial charge in [0.25, 0.3) is 5.91 Å². The largest absolute Gasteiger partial charge is 0.466 e. The van der Waals surface area contributed by atoms with Crippen LogP contribution in [0.25, 0.3) is 0 Å². The molecule has 6 nitrogen and oxygen atoms in total. The van der Waals surface area contributed by atoms with Crippen molar-refractivity contribution >= 4 is 11.9 Å². The van der Waals surface area contributed by atoms with E-state index in [1.54, 1.807) is 48.7 Å². The summed E-state index contributed by atoms with van der Waals surface area (Å²) in [6.07, 6.45) is 7.42. The van der Waals surface area contributed by atoms with Gasteiger partial charge in [-0.1, -0.05) is 6.07 Å². The number of esters is 1. The maximum Gasteiger partial charge on any atom is 0.309 e. The summed E-state index contributed by atoms with van der Waals surface area (Å²) < 4.78 is 5.08. The van der Waals surface area contributed by atoms with Crippen molar-refractivity contribution in [2.45, 2.75) is 19.9 Å². The van der Waals surface area contributed by atoms with Gasteiger partial charge in [-0.3, -0.25) is 19.6 Å². The van der Waals surface area contributed by atoms with Gasteiger partial charge in [0.15, 0.2) is 0 Å². The predicted molar refractivity (Wildman–Crippen MR) is 91.4 cm³/mol. The minimum Gasteiger partial charge on any atom is -0.466 e. The molecule has 1 fully saturated rings. The van der Waals surface area contributed by atoms with E-state index in [1.165, 1.54) is 0 Å². The number of rotatable bonds is 7. The van der Waals surface area contributed by atoms with Gasteiger partial charge in [-0.05, 0) is 43.0 Å². The molecule has 1 aliphatic carbocycles. The number of aromatic nitrogens is 2. The third kappa shape index (κ3) is 4.41. The number of hydrogen-bond acceptors (Lipinski definition) is 5. The Kier molecular flexibility index (Phi) is 5.38. The Morgan fingerprint density at radius 1 is 1.20 bits per heavy atom. The smallest absolute Gasteiger partial charge is 0.309 e. The summed E-state index contributed by atoms with van der Waals surface area (Å²) in [5, 5.41) is 0. The van der Waals surface area contributed by atoms with Crippen LogP contribution in [0, 0.1) is 11.8 Å². The number of pyridine rings is 2. The van der Waals surface area contributed by atoms with Gasteiger partial charge in [0.05, 0.1) is 18.1 Å². The first-order valence-corrected chi connectivity index (χ1v) is 8.44. The molecule has 0 aromatic carbocycles. The molecule has 3 rings (SSSR count). The molecule has 6 heteroatoms. The summed E-state index contributed by atoms with van der Waals surface area (Å²) in [7, 11) is 0. The van der Waals surface area contributed by atoms with Crippen molar-refractivity contribution < 1.29 is 14.3 Å². The number of carbonyl (C=O) groups is 2. The van der Waals surface area contributed by atoms with E-state index >= 15 is 0 Å². The first kappa shape index (κ1) is 17.1. The van der Waals surface area contributed by atoms with Gasteiger partial charge in [0, 0.05) is 37.9 Å². The molecular formula is C19H21N3O3. The number of amides is 1. The molecule has 2 heterocycles. The van der Waals surface area contributed by atoms with Crippen LogP contribution in [0.1, 0.15) is 29.3 Å². The number of ether oxygens (including phenoxy) is 1. The molecule has 1 aliphatic rings. The molecule has 1 saturated carbocycles. The molecule has 0 unspecified atom stereocenters. The first-order chi connectivity index (χ1) is 12.2. The third-order valence-electron chi connectivity index (χ3n) is 4.26. The molecule has 2 atom stereocenters. The average molecular weight is 339 g/mol. The van der Waals surface area contributed by atoms with E-state index in [0.29, 0.717) is 25.3 Å². The van der Waals surface area contributed by atoms with Crippen molar-refractivity contribution in [3.05, 3.63) is 60.2 Å². The van der Waals surface area contributed by atoms with Crippen molar-refractivity contribution in [2.75, 3.05) is 13.2 Å². The highest BCUT2D eigenvalue weighted by Crippen LogP contribution is 2.40. The van der Waals surface area contributed by atoms with Crippen molar-refractivity contribution in [1.82, 2.24) is 14.9 Å². The predicted octanol–water partition coefficient (Wildman–Crippen LogP) is 2.32. The van der Waals surface area contributed by atoms with E-state index in [4.69, 9.17) is 4.74 Å². The van der Waals surface area contributed by atoms with Crippen LogP contribution in [0.5, 0.6) is 0 Å². The van der Waals surface area contributed by atoms with Crippen molar-refractivity contribution in [1.29, 1.82) is 0 Å². The minimum absolute atomic E-state index is 0.0912. The highest BCUT2D eigenvalue weighted by atomic mass is 16.5. The fourth-order valence-electron chi connectivity index (χ4n) is 2.87. The molecule has 0 saturated heterocycles. The van der Waals surface area contributed by atoms with Crippen LogP contribution in [-0.2, 0) is 16.1 Å². The lowest BCUT2D eigenvalue weighted by molar-refractivity contribution is -0.145. The Morgan fingerprint density at radius 2 is 1.96 bits per heavy atom. The highest BCUT2D eigenvalue weighted by molar-refractivity contribution is 5.94. The van der Waals surface area contributed by atoms with Crippen LogP contribution in [0.2, 0.25) is 0 Å². The van der Waals surface area contributed by atoms with Crippen LogP contribution in [0.4, 0.5) is 0 Å². The lowest BCUT2D eigenvalue weighted by Crippen LogP contribution is -2.33. The lowest BCUT2D eigenvalue weighted by Gasteiger charge is -2.23. The van der Waals surface area contributed by atoms with Crippen LogP contribution in [0.15, 0.2) is 49.1 Å². The Balaban J connectivity index is 1.71. The lowest BCUT2D eigenvalue weighted by atomic mass is 10.2. The van der Waals surface area contributed by atoms with Gasteiger partial charge < -0.3 is 9.64 Å². The summed E-state index contributed by atoms with van der Waals surface area (Å²) in [6.45, 7) is 3.16. The zero-order chi connectivity index (χ0) is 17.6. The number of carbonyl (C=O) groups excluding carboxylic acids is 2. The first-order valence-electron chi connectivity index (χ1n) is 8.44. The Bertz CT molecular complexity index is 721. The van der Waals surface area contributed by atoms with Crippen LogP contribution < -0.4 is 0 Å². The monoisotopic (exact) mass is 339 g/mol. The second-order valence-corrected chi connectivity index (χ2v) is 6.14. The van der Waals surface area contributed by atoms with Gasteiger partial charge in [0.1, 0.15) is 0 Å². The molecule has 0 bridgehead atoms. The van der Waals surface area contributed by atoms with Gasteiger partial charge >= 0.3 is 5.97 Å². The van der Waals surface area contributed by atoms with E-state index in [9.17, 15) is 9.59 Å². The summed E-state index contributed by atoms with van der Waals surface area (Å²) in [4.78, 5) is 34.6. The maximum atomic E-state index is 12.9. The number of hydrogen-bond donors (Lipinski definition) is 0. The molecule has 0 N–H and O–H groups in total. The van der Waals surface area contributed by atoms with Crippen molar-refractivity contribution in [3.63, 3.8) is 0 Å². The summed E-state index contributed by atoms with van der Waals surface area (Å²) in [5.41, 5.74) is 1.49. The summed E-state index contributed by atoms with van der Waals surface area (Å²) in [6, 6.07) is 7.28. The van der Waals surface area contributed by atoms with Crippen LogP contribution >= 0.6 is 0 Å². The van der Waals surface area contributed by atoms with E-state index in [1.807, 2.05) is 12.1 Å². The molecule has 1 amide bonds. The second-order valence-electron chi connectivity index (χ2n) is 6.14. The minimum atomic E-state index is -0.164. The quantitative estimate of drug-likeness (QED) is 0.724. The van der Waals surface area contributed by atoms with Gasteiger partial charge in [-0.25, -0.2) is 0 Å². The standard InChI is InChI=1S/C19H21N3O3/c1-2-25-19(24)17-9-16(17)13-22(12-14-5-3-7-20-10-14)18(23)15-6-4-8-21-11-15/h3-8,10-11,16-17H,2,9,12-13H2,1H3/t16-,17-/m1/s1. The SMILES string of the molecule is CCOC(=O)[C@@H]1C[C@@H]1CN(Cc1cccnc1)C(=O)c1cccnc1. The molecule has 0 radical (unpaired) electrons. The Hall–Kier alpha value is -2.76. The second kappa shape index (κ2) is 7.88. The van der Waals surface area contributed by atoms with E-state index in [-0.39, 0.29) is 23.7 Å². The average Bonchev–Trinajstić information content (AvgIpc) is 3.42. The Labute approximate surface area is 146 Å². The zero-order valence-electron chi connectivity index (χ0n) is 14.2. The summed E-state index contributed by atoms with van der Waals surface area (Å²) in [5.74, 6) is -0.205. The fraction of sp³-hybridized carbons (Fsp3) is 0.368. The summed E-state index contributed by atoms with van der Waals surface area (Å²) >= 11 is 0. The molecule has 0 spiro atoms. The molecule has 130 valence electrons. The molecule has 0 aliphatic heterocycles. The van der Waals surface area contributed by atoms with E-state index in [0.717, 1.165) is 12.0 Å². The van der Waals surface area contributed by atoms with E-state index in [2.05, 4.69) is 9.97 Å². The molecule has 2 aromatic rings. The molecular weight excluding hydrogens is 318 g/mol. The number of nitrogens with zero attached hydrogens (tertiary/aromatic N) is 3. The normalized spacial score (nSPS) is 18.4. The molecule has 2 aromatic heterocycles. The van der Waals surface area contributed by atoms with Crippen molar-refractivity contribution in [2.24, 2.45) is 11.8 Å². The van der Waals surface area contributed by atoms with E-state index < -0.39 is 0 Å².